The molecule has 1 N–H and O–H groups in total. The van der Waals surface area contributed by atoms with Crippen molar-refractivity contribution in [2.75, 3.05) is 5.32 Å². The average Bonchev–Trinajstić information content (AvgIpc) is 2.78. The van der Waals surface area contributed by atoms with Crippen molar-refractivity contribution in [3.63, 3.8) is 0 Å². The predicted octanol–water partition coefficient (Wildman–Crippen LogP) is 2.86. The van der Waals surface area contributed by atoms with Gasteiger partial charge in [0, 0.05) is 18.0 Å². The first kappa shape index (κ1) is 11.7. The van der Waals surface area contributed by atoms with Crippen molar-refractivity contribution in [1.82, 2.24) is 9.97 Å². The Morgan fingerprint density at radius 3 is 2.88 bits per heavy atom. The highest BCUT2D eigenvalue weighted by molar-refractivity contribution is 7.14. The Morgan fingerprint density at radius 2 is 2.24 bits per heavy atom. The van der Waals surface area contributed by atoms with Crippen LogP contribution in [0, 0.1) is 6.92 Å². The van der Waals surface area contributed by atoms with E-state index in [2.05, 4.69) is 15.3 Å². The van der Waals surface area contributed by atoms with E-state index in [0.29, 0.717) is 11.6 Å². The molecular weight excluding hydrogens is 234 g/mol. The van der Waals surface area contributed by atoms with Gasteiger partial charge >= 0.3 is 0 Å². The van der Waals surface area contributed by atoms with E-state index in [-0.39, 0.29) is 5.91 Å². The van der Waals surface area contributed by atoms with Crippen LogP contribution in [-0.4, -0.2) is 15.9 Å². The second kappa shape index (κ2) is 5.05. The first-order valence-corrected chi connectivity index (χ1v) is 6.25. The molecular formula is C12H13N3OS. The number of nitrogens with one attached hydrogen (secondary N) is 1. The Hall–Kier alpha value is -1.75. The molecule has 88 valence electrons. The van der Waals surface area contributed by atoms with E-state index in [1.807, 2.05) is 31.4 Å². The number of pyridine rings is 1. The third kappa shape index (κ3) is 2.88. The number of hydrogen-bond acceptors (Lipinski definition) is 4. The van der Waals surface area contributed by atoms with Crippen LogP contribution in [0.4, 0.5) is 5.13 Å². The van der Waals surface area contributed by atoms with E-state index in [9.17, 15) is 4.79 Å². The minimum atomic E-state index is -0.0252. The van der Waals surface area contributed by atoms with Gasteiger partial charge in [-0.25, -0.2) is 4.98 Å². The van der Waals surface area contributed by atoms with Crippen molar-refractivity contribution in [1.29, 1.82) is 0 Å². The van der Waals surface area contributed by atoms with E-state index in [0.717, 1.165) is 17.0 Å². The molecule has 0 radical (unpaired) electrons. The van der Waals surface area contributed by atoms with Crippen molar-refractivity contribution >= 4 is 22.4 Å². The summed E-state index contributed by atoms with van der Waals surface area (Å²) in [5.74, 6) is -0.0252. The molecule has 0 spiro atoms. The smallest absolute Gasteiger partial charge is 0.225 e. The fourth-order valence-corrected chi connectivity index (χ4v) is 2.00. The van der Waals surface area contributed by atoms with Gasteiger partial charge in [-0.3, -0.25) is 9.78 Å². The van der Waals surface area contributed by atoms with Crippen molar-refractivity contribution in [2.45, 2.75) is 20.3 Å². The topological polar surface area (TPSA) is 54.9 Å². The van der Waals surface area contributed by atoms with Crippen LogP contribution in [0.3, 0.4) is 0 Å². The minimum Gasteiger partial charge on any atom is -0.302 e. The van der Waals surface area contributed by atoms with Crippen LogP contribution in [-0.2, 0) is 4.79 Å². The Morgan fingerprint density at radius 1 is 1.41 bits per heavy atom. The van der Waals surface area contributed by atoms with Crippen LogP contribution in [0.1, 0.15) is 18.9 Å². The monoisotopic (exact) mass is 247 g/mol. The normalized spacial score (nSPS) is 10.2. The third-order valence-corrected chi connectivity index (χ3v) is 3.00. The molecule has 0 saturated carbocycles. The van der Waals surface area contributed by atoms with E-state index in [4.69, 9.17) is 0 Å². The summed E-state index contributed by atoms with van der Waals surface area (Å²) in [5.41, 5.74) is 2.73. The van der Waals surface area contributed by atoms with E-state index < -0.39 is 0 Å². The summed E-state index contributed by atoms with van der Waals surface area (Å²) in [7, 11) is 0. The minimum absolute atomic E-state index is 0.0252. The van der Waals surface area contributed by atoms with Gasteiger partial charge in [-0.05, 0) is 18.6 Å². The largest absolute Gasteiger partial charge is 0.302 e. The van der Waals surface area contributed by atoms with Crippen LogP contribution >= 0.6 is 11.3 Å². The average molecular weight is 247 g/mol. The summed E-state index contributed by atoms with van der Waals surface area (Å²) in [5, 5.41) is 5.25. The predicted molar refractivity (Wildman–Crippen MR) is 69.0 cm³/mol. The first-order valence-electron chi connectivity index (χ1n) is 5.37. The highest BCUT2D eigenvalue weighted by Gasteiger charge is 2.07. The van der Waals surface area contributed by atoms with Crippen LogP contribution in [0.2, 0.25) is 0 Å². The summed E-state index contributed by atoms with van der Waals surface area (Å²) >= 11 is 1.41. The fraction of sp³-hybridized carbons (Fsp3) is 0.250. The zero-order chi connectivity index (χ0) is 12.3. The number of amides is 1. The molecule has 2 rings (SSSR count). The van der Waals surface area contributed by atoms with Crippen molar-refractivity contribution in [2.24, 2.45) is 0 Å². The second-order valence-electron chi connectivity index (χ2n) is 3.66. The number of hydrogen-bond donors (Lipinski definition) is 1. The molecule has 5 heteroatoms. The number of aryl methyl sites for hydroxylation is 1. The van der Waals surface area contributed by atoms with E-state index >= 15 is 0 Å². The maximum atomic E-state index is 11.2. The lowest BCUT2D eigenvalue weighted by Crippen LogP contribution is -2.08. The number of carbonyl (C=O) groups excluding carboxylic acids is 1. The maximum absolute atomic E-state index is 11.2. The zero-order valence-electron chi connectivity index (χ0n) is 9.73. The fourth-order valence-electron chi connectivity index (χ4n) is 1.28. The van der Waals surface area contributed by atoms with Gasteiger partial charge in [-0.15, -0.1) is 11.3 Å². The zero-order valence-corrected chi connectivity index (χ0v) is 10.5. The lowest BCUT2D eigenvalue weighted by molar-refractivity contribution is -0.115. The highest BCUT2D eigenvalue weighted by atomic mass is 32.1. The molecule has 0 aliphatic carbocycles. The van der Waals surface area contributed by atoms with Gasteiger partial charge in [-0.2, -0.15) is 0 Å². The molecule has 2 heterocycles. The molecule has 0 fully saturated rings. The third-order valence-electron chi connectivity index (χ3n) is 2.25. The summed E-state index contributed by atoms with van der Waals surface area (Å²) in [6, 6.07) is 3.92. The SMILES string of the molecule is CCC(=O)Nc1nc(-c2ccc(C)cn2)cs1. The Bertz CT molecular complexity index is 519. The summed E-state index contributed by atoms with van der Waals surface area (Å²) in [6.07, 6.45) is 2.26. The Kier molecular flexibility index (Phi) is 3.49. The molecule has 1 amide bonds. The Balaban J connectivity index is 2.18. The van der Waals surface area contributed by atoms with Gasteiger partial charge in [0.25, 0.3) is 0 Å². The highest BCUT2D eigenvalue weighted by Crippen LogP contribution is 2.23. The number of aromatic nitrogens is 2. The standard InChI is InChI=1S/C12H13N3OS/c1-3-11(16)15-12-14-10(7-17-12)9-5-4-8(2)6-13-9/h4-7H,3H2,1-2H3,(H,14,15,16). The first-order chi connectivity index (χ1) is 8.19. The molecule has 0 aliphatic rings. The molecule has 0 aliphatic heterocycles. The van der Waals surface area contributed by atoms with Crippen molar-refractivity contribution in [3.05, 3.63) is 29.3 Å². The molecule has 2 aromatic rings. The summed E-state index contributed by atoms with van der Waals surface area (Å²) < 4.78 is 0. The number of anilines is 1. The Labute approximate surface area is 104 Å². The van der Waals surface area contributed by atoms with Crippen LogP contribution in [0.25, 0.3) is 11.4 Å². The molecule has 0 bridgehead atoms. The van der Waals surface area contributed by atoms with Gasteiger partial charge in [0.1, 0.15) is 5.69 Å². The van der Waals surface area contributed by atoms with Crippen LogP contribution < -0.4 is 5.32 Å². The van der Waals surface area contributed by atoms with Gasteiger partial charge in [0.15, 0.2) is 5.13 Å². The molecule has 0 atom stereocenters. The molecule has 2 aromatic heterocycles. The van der Waals surface area contributed by atoms with Gasteiger partial charge in [0.05, 0.1) is 5.69 Å². The van der Waals surface area contributed by atoms with Gasteiger partial charge < -0.3 is 5.32 Å². The van der Waals surface area contributed by atoms with Crippen molar-refractivity contribution in [3.8, 4) is 11.4 Å². The summed E-state index contributed by atoms with van der Waals surface area (Å²) in [4.78, 5) is 19.8. The second-order valence-corrected chi connectivity index (χ2v) is 4.52. The van der Waals surface area contributed by atoms with E-state index in [1.165, 1.54) is 11.3 Å². The number of nitrogens with zero attached hydrogens (tertiary/aromatic N) is 2. The quantitative estimate of drug-likeness (QED) is 0.907. The lowest BCUT2D eigenvalue weighted by atomic mass is 10.2. The van der Waals surface area contributed by atoms with Gasteiger partial charge in [-0.1, -0.05) is 13.0 Å². The van der Waals surface area contributed by atoms with Crippen LogP contribution in [0.15, 0.2) is 23.7 Å². The molecule has 4 nitrogen and oxygen atoms in total. The number of carbonyl (C=O) groups is 1. The number of thiazole rings is 1. The maximum Gasteiger partial charge on any atom is 0.225 e. The van der Waals surface area contributed by atoms with Crippen LogP contribution in [0.5, 0.6) is 0 Å². The molecule has 0 unspecified atom stereocenters. The number of rotatable bonds is 3. The molecule has 0 aromatic carbocycles. The summed E-state index contributed by atoms with van der Waals surface area (Å²) in [6.45, 7) is 3.80. The lowest BCUT2D eigenvalue weighted by Gasteiger charge is -1.97. The van der Waals surface area contributed by atoms with Crippen molar-refractivity contribution < 1.29 is 4.79 Å². The van der Waals surface area contributed by atoms with Gasteiger partial charge in [0.2, 0.25) is 5.91 Å². The molecule has 17 heavy (non-hydrogen) atoms. The molecule has 0 saturated heterocycles. The van der Waals surface area contributed by atoms with E-state index in [1.54, 1.807) is 6.20 Å².